The van der Waals surface area contributed by atoms with Gasteiger partial charge in [-0.3, -0.25) is 9.63 Å². The molecule has 1 amide bonds. The summed E-state index contributed by atoms with van der Waals surface area (Å²) >= 11 is 0. The maximum Gasteiger partial charge on any atom is 0.275 e. The van der Waals surface area contributed by atoms with Crippen LogP contribution in [-0.2, 0) is 4.84 Å². The highest BCUT2D eigenvalue weighted by atomic mass is 16.6. The van der Waals surface area contributed by atoms with E-state index in [4.69, 9.17) is 0 Å². The Balaban J connectivity index is 2.87. The molecule has 1 N–H and O–H groups in total. The lowest BCUT2D eigenvalue weighted by molar-refractivity contribution is 0.0537. The maximum absolute atomic E-state index is 11.2. The van der Waals surface area contributed by atoms with Gasteiger partial charge in [-0.05, 0) is 18.6 Å². The second-order valence-electron chi connectivity index (χ2n) is 2.45. The van der Waals surface area contributed by atoms with Crippen LogP contribution in [0.25, 0.3) is 0 Å². The van der Waals surface area contributed by atoms with E-state index < -0.39 is 0 Å². The SMILES string of the molecule is CONC(=O)c1ccccc1C. The Morgan fingerprint density at radius 1 is 1.42 bits per heavy atom. The van der Waals surface area contributed by atoms with Crippen LogP contribution in [0.4, 0.5) is 0 Å². The van der Waals surface area contributed by atoms with Gasteiger partial charge < -0.3 is 0 Å². The van der Waals surface area contributed by atoms with Crippen LogP contribution in [0.15, 0.2) is 24.3 Å². The number of hydrogen-bond acceptors (Lipinski definition) is 2. The second kappa shape index (κ2) is 3.88. The van der Waals surface area contributed by atoms with Gasteiger partial charge in [0.15, 0.2) is 0 Å². The van der Waals surface area contributed by atoms with Crippen molar-refractivity contribution in [3.8, 4) is 0 Å². The Hall–Kier alpha value is -1.35. The van der Waals surface area contributed by atoms with Crippen molar-refractivity contribution >= 4 is 5.91 Å². The summed E-state index contributed by atoms with van der Waals surface area (Å²) in [5.41, 5.74) is 3.84. The Morgan fingerprint density at radius 2 is 2.08 bits per heavy atom. The molecule has 0 aliphatic carbocycles. The van der Waals surface area contributed by atoms with Crippen molar-refractivity contribution in [3.05, 3.63) is 35.4 Å². The van der Waals surface area contributed by atoms with Gasteiger partial charge >= 0.3 is 0 Å². The molecule has 0 saturated heterocycles. The van der Waals surface area contributed by atoms with Gasteiger partial charge in [0.1, 0.15) is 0 Å². The van der Waals surface area contributed by atoms with Gasteiger partial charge in [0, 0.05) is 5.56 Å². The molecule has 0 atom stereocenters. The first-order valence-corrected chi connectivity index (χ1v) is 3.64. The van der Waals surface area contributed by atoms with Crippen LogP contribution in [0.3, 0.4) is 0 Å². The molecular formula is C9H11NO2. The molecule has 1 aromatic carbocycles. The average molecular weight is 165 g/mol. The molecular weight excluding hydrogens is 154 g/mol. The summed E-state index contributed by atoms with van der Waals surface area (Å²) in [7, 11) is 1.41. The zero-order valence-corrected chi connectivity index (χ0v) is 7.13. The first-order chi connectivity index (χ1) is 5.75. The van der Waals surface area contributed by atoms with Crippen molar-refractivity contribution in [1.82, 2.24) is 5.48 Å². The number of nitrogens with one attached hydrogen (secondary N) is 1. The van der Waals surface area contributed by atoms with Gasteiger partial charge in [0.25, 0.3) is 5.91 Å². The summed E-state index contributed by atoms with van der Waals surface area (Å²) in [4.78, 5) is 15.7. The van der Waals surface area contributed by atoms with E-state index in [-0.39, 0.29) is 5.91 Å². The van der Waals surface area contributed by atoms with Crippen LogP contribution in [0.2, 0.25) is 0 Å². The molecule has 0 saturated carbocycles. The normalized spacial score (nSPS) is 9.50. The third-order valence-electron chi connectivity index (χ3n) is 1.58. The van der Waals surface area contributed by atoms with Crippen LogP contribution < -0.4 is 5.48 Å². The van der Waals surface area contributed by atoms with Crippen molar-refractivity contribution in [2.24, 2.45) is 0 Å². The highest BCUT2D eigenvalue weighted by molar-refractivity contribution is 5.94. The lowest BCUT2D eigenvalue weighted by atomic mass is 10.1. The topological polar surface area (TPSA) is 38.3 Å². The molecule has 64 valence electrons. The Morgan fingerprint density at radius 3 is 2.67 bits per heavy atom. The Labute approximate surface area is 71.3 Å². The van der Waals surface area contributed by atoms with Crippen LogP contribution in [0, 0.1) is 6.92 Å². The van der Waals surface area contributed by atoms with Crippen molar-refractivity contribution in [2.75, 3.05) is 7.11 Å². The van der Waals surface area contributed by atoms with Crippen molar-refractivity contribution < 1.29 is 9.63 Å². The maximum atomic E-state index is 11.2. The van der Waals surface area contributed by atoms with Crippen LogP contribution in [-0.4, -0.2) is 13.0 Å². The van der Waals surface area contributed by atoms with Crippen molar-refractivity contribution in [2.45, 2.75) is 6.92 Å². The van der Waals surface area contributed by atoms with E-state index in [0.29, 0.717) is 5.56 Å². The largest absolute Gasteiger partial charge is 0.277 e. The fourth-order valence-corrected chi connectivity index (χ4v) is 0.975. The fourth-order valence-electron chi connectivity index (χ4n) is 0.975. The minimum Gasteiger partial charge on any atom is -0.277 e. The summed E-state index contributed by atoms with van der Waals surface area (Å²) in [5, 5.41) is 0. The van der Waals surface area contributed by atoms with E-state index in [1.165, 1.54) is 7.11 Å². The number of hydroxylamine groups is 1. The molecule has 0 unspecified atom stereocenters. The van der Waals surface area contributed by atoms with Crippen LogP contribution in [0.5, 0.6) is 0 Å². The zero-order chi connectivity index (χ0) is 8.97. The third kappa shape index (κ3) is 1.83. The molecule has 1 aromatic rings. The lowest BCUT2D eigenvalue weighted by Gasteiger charge is -2.03. The summed E-state index contributed by atoms with van der Waals surface area (Å²) < 4.78 is 0. The third-order valence-corrected chi connectivity index (χ3v) is 1.58. The van der Waals surface area contributed by atoms with E-state index in [2.05, 4.69) is 10.3 Å². The molecule has 0 fully saturated rings. The Kier molecular flexibility index (Phi) is 2.82. The summed E-state index contributed by atoms with van der Waals surface area (Å²) in [5.74, 6) is -0.212. The molecule has 0 aromatic heterocycles. The molecule has 1 rings (SSSR count). The molecule has 0 aliphatic rings. The first kappa shape index (κ1) is 8.74. The number of carbonyl (C=O) groups excluding carboxylic acids is 1. The minimum absolute atomic E-state index is 0.212. The predicted octanol–water partition coefficient (Wildman–Crippen LogP) is 1.29. The van der Waals surface area contributed by atoms with E-state index in [0.717, 1.165) is 5.56 Å². The first-order valence-electron chi connectivity index (χ1n) is 3.64. The second-order valence-corrected chi connectivity index (χ2v) is 2.45. The number of carbonyl (C=O) groups is 1. The lowest BCUT2D eigenvalue weighted by Crippen LogP contribution is -2.22. The fraction of sp³-hybridized carbons (Fsp3) is 0.222. The van der Waals surface area contributed by atoms with Crippen molar-refractivity contribution in [3.63, 3.8) is 0 Å². The quantitative estimate of drug-likeness (QED) is 0.670. The van der Waals surface area contributed by atoms with E-state index >= 15 is 0 Å². The molecule has 0 spiro atoms. The van der Waals surface area contributed by atoms with E-state index in [9.17, 15) is 4.79 Å². The van der Waals surface area contributed by atoms with Gasteiger partial charge in [-0.1, -0.05) is 18.2 Å². The summed E-state index contributed by atoms with van der Waals surface area (Å²) in [6.45, 7) is 1.88. The average Bonchev–Trinajstić information content (AvgIpc) is 2.05. The van der Waals surface area contributed by atoms with Crippen LogP contribution >= 0.6 is 0 Å². The number of aryl methyl sites for hydroxylation is 1. The van der Waals surface area contributed by atoms with Crippen LogP contribution in [0.1, 0.15) is 15.9 Å². The number of amides is 1. The monoisotopic (exact) mass is 165 g/mol. The van der Waals surface area contributed by atoms with Gasteiger partial charge in [-0.25, -0.2) is 5.48 Å². The minimum atomic E-state index is -0.212. The van der Waals surface area contributed by atoms with Crippen molar-refractivity contribution in [1.29, 1.82) is 0 Å². The molecule has 0 heterocycles. The van der Waals surface area contributed by atoms with Gasteiger partial charge in [0.05, 0.1) is 7.11 Å². The van der Waals surface area contributed by atoms with E-state index in [1.54, 1.807) is 6.07 Å². The van der Waals surface area contributed by atoms with Gasteiger partial charge in [-0.2, -0.15) is 0 Å². The highest BCUT2D eigenvalue weighted by Gasteiger charge is 2.05. The van der Waals surface area contributed by atoms with Gasteiger partial charge in [-0.15, -0.1) is 0 Å². The number of rotatable bonds is 2. The smallest absolute Gasteiger partial charge is 0.275 e. The molecule has 3 nitrogen and oxygen atoms in total. The molecule has 3 heteroatoms. The standard InChI is InChI=1S/C9H11NO2/c1-7-5-3-4-6-8(7)9(11)10-12-2/h3-6H,1-2H3,(H,10,11). The summed E-state index contributed by atoms with van der Waals surface area (Å²) in [6.07, 6.45) is 0. The molecule has 0 bridgehead atoms. The predicted molar refractivity (Wildman–Crippen MR) is 45.7 cm³/mol. The molecule has 0 aliphatic heterocycles. The van der Waals surface area contributed by atoms with E-state index in [1.807, 2.05) is 25.1 Å². The molecule has 12 heavy (non-hydrogen) atoms. The van der Waals surface area contributed by atoms with Gasteiger partial charge in [0.2, 0.25) is 0 Å². The number of hydrogen-bond donors (Lipinski definition) is 1. The summed E-state index contributed by atoms with van der Waals surface area (Å²) in [6, 6.07) is 7.34. The Bertz CT molecular complexity index is 284. The zero-order valence-electron chi connectivity index (χ0n) is 7.13. The highest BCUT2D eigenvalue weighted by Crippen LogP contribution is 2.05. The molecule has 0 radical (unpaired) electrons. The number of benzene rings is 1.